The molecular formula is C16H25N7O2S. The van der Waals surface area contributed by atoms with Crippen LogP contribution in [0.15, 0.2) is 29.7 Å². The Morgan fingerprint density at radius 2 is 1.88 bits per heavy atom. The first-order chi connectivity index (χ1) is 12.4. The molecule has 2 aromatic rings. The van der Waals surface area contributed by atoms with Gasteiger partial charge in [-0.2, -0.15) is 4.31 Å². The number of hydrogen-bond donors (Lipinski definition) is 1. The van der Waals surface area contributed by atoms with Gasteiger partial charge in [0.05, 0.1) is 6.33 Å². The summed E-state index contributed by atoms with van der Waals surface area (Å²) in [6.45, 7) is 8.69. The third kappa shape index (κ3) is 3.80. The molecule has 0 saturated carbocycles. The summed E-state index contributed by atoms with van der Waals surface area (Å²) in [5.41, 5.74) is 0. The van der Waals surface area contributed by atoms with Crippen molar-refractivity contribution in [3.8, 4) is 0 Å². The molecule has 2 aromatic heterocycles. The molecule has 1 saturated heterocycles. The van der Waals surface area contributed by atoms with Crippen LogP contribution in [0.4, 0.5) is 11.6 Å². The van der Waals surface area contributed by atoms with Crippen molar-refractivity contribution in [2.24, 2.45) is 0 Å². The Balaban J connectivity index is 1.65. The first kappa shape index (κ1) is 18.6. The molecule has 0 unspecified atom stereocenters. The Kier molecular flexibility index (Phi) is 5.42. The number of nitrogens with one attached hydrogen (secondary N) is 1. The smallest absolute Gasteiger partial charge is 0.262 e. The van der Waals surface area contributed by atoms with Crippen LogP contribution in [0, 0.1) is 0 Å². The summed E-state index contributed by atoms with van der Waals surface area (Å²) in [5, 5.41) is 11.6. The van der Waals surface area contributed by atoms with Crippen LogP contribution in [0.2, 0.25) is 0 Å². The van der Waals surface area contributed by atoms with Crippen molar-refractivity contribution in [2.45, 2.75) is 31.8 Å². The standard InChI is InChI=1S/C16H25N7O2S/c1-4-17-14-5-6-15(20-19-14)21-7-9-23(10-8-21)26(24,25)16-11-22(12-18-16)13(2)3/h5-6,11-13H,4,7-10H2,1-3H3,(H,17,19). The van der Waals surface area contributed by atoms with Gasteiger partial charge in [0.15, 0.2) is 10.8 Å². The van der Waals surface area contributed by atoms with Gasteiger partial charge in [-0.25, -0.2) is 13.4 Å². The fourth-order valence-corrected chi connectivity index (χ4v) is 4.14. The van der Waals surface area contributed by atoms with Gasteiger partial charge in [-0.05, 0) is 32.9 Å². The Bertz CT molecular complexity index is 825. The summed E-state index contributed by atoms with van der Waals surface area (Å²) < 4.78 is 28.8. The fourth-order valence-electron chi connectivity index (χ4n) is 2.79. The summed E-state index contributed by atoms with van der Waals surface area (Å²) in [6, 6.07) is 3.96. The van der Waals surface area contributed by atoms with Gasteiger partial charge in [0.25, 0.3) is 10.0 Å². The highest BCUT2D eigenvalue weighted by Gasteiger charge is 2.30. The van der Waals surface area contributed by atoms with Crippen LogP contribution in [-0.2, 0) is 10.0 Å². The van der Waals surface area contributed by atoms with Crippen LogP contribution >= 0.6 is 0 Å². The fraction of sp³-hybridized carbons (Fsp3) is 0.562. The van der Waals surface area contributed by atoms with E-state index in [4.69, 9.17) is 0 Å². The zero-order chi connectivity index (χ0) is 18.7. The van der Waals surface area contributed by atoms with Crippen LogP contribution in [-0.4, -0.2) is 65.2 Å². The SMILES string of the molecule is CCNc1ccc(N2CCN(S(=O)(=O)c3cn(C(C)C)cn3)CC2)nn1. The lowest BCUT2D eigenvalue weighted by atomic mass is 10.3. The maximum atomic E-state index is 12.8. The quantitative estimate of drug-likeness (QED) is 0.805. The van der Waals surface area contributed by atoms with Crippen molar-refractivity contribution in [3.63, 3.8) is 0 Å². The second-order valence-corrected chi connectivity index (χ2v) is 8.34. The Hall–Kier alpha value is -2.20. The summed E-state index contributed by atoms with van der Waals surface area (Å²) in [6.07, 6.45) is 3.16. The van der Waals surface area contributed by atoms with E-state index in [-0.39, 0.29) is 11.1 Å². The van der Waals surface area contributed by atoms with Gasteiger partial charge in [0.1, 0.15) is 5.82 Å². The molecule has 9 nitrogen and oxygen atoms in total. The van der Waals surface area contributed by atoms with E-state index >= 15 is 0 Å². The molecule has 10 heteroatoms. The highest BCUT2D eigenvalue weighted by atomic mass is 32.2. The Labute approximate surface area is 154 Å². The zero-order valence-electron chi connectivity index (χ0n) is 15.3. The van der Waals surface area contributed by atoms with Crippen LogP contribution < -0.4 is 10.2 Å². The van der Waals surface area contributed by atoms with Crippen LogP contribution in [0.5, 0.6) is 0 Å². The molecule has 0 bridgehead atoms. The first-order valence-corrected chi connectivity index (χ1v) is 10.2. The molecule has 1 aliphatic rings. The monoisotopic (exact) mass is 379 g/mol. The summed E-state index contributed by atoms with van der Waals surface area (Å²) in [4.78, 5) is 6.12. The molecule has 0 aliphatic carbocycles. The van der Waals surface area contributed by atoms with Gasteiger partial charge in [0.2, 0.25) is 0 Å². The number of imidazole rings is 1. The molecule has 0 radical (unpaired) electrons. The summed E-state index contributed by atoms with van der Waals surface area (Å²) in [5.74, 6) is 1.49. The predicted octanol–water partition coefficient (Wildman–Crippen LogP) is 1.20. The Morgan fingerprint density at radius 1 is 1.15 bits per heavy atom. The minimum absolute atomic E-state index is 0.106. The second kappa shape index (κ2) is 7.58. The van der Waals surface area contributed by atoms with Gasteiger partial charge in [0, 0.05) is 45.0 Å². The second-order valence-electron chi connectivity index (χ2n) is 6.45. The van der Waals surface area contributed by atoms with E-state index in [9.17, 15) is 8.42 Å². The number of hydrogen-bond acceptors (Lipinski definition) is 7. The number of rotatable bonds is 6. The highest BCUT2D eigenvalue weighted by molar-refractivity contribution is 7.89. The Morgan fingerprint density at radius 3 is 2.42 bits per heavy atom. The van der Waals surface area contributed by atoms with Gasteiger partial charge in [-0.1, -0.05) is 0 Å². The minimum atomic E-state index is -3.57. The maximum absolute atomic E-state index is 12.8. The minimum Gasteiger partial charge on any atom is -0.369 e. The van der Waals surface area contributed by atoms with E-state index < -0.39 is 10.0 Å². The molecule has 3 heterocycles. The van der Waals surface area contributed by atoms with Crippen molar-refractivity contribution in [1.82, 2.24) is 24.1 Å². The van der Waals surface area contributed by atoms with Gasteiger partial charge in [-0.3, -0.25) is 0 Å². The molecule has 0 spiro atoms. The summed E-state index contributed by atoms with van der Waals surface area (Å²) >= 11 is 0. The molecule has 142 valence electrons. The van der Waals surface area contributed by atoms with Gasteiger partial charge < -0.3 is 14.8 Å². The molecule has 0 amide bonds. The van der Waals surface area contributed by atoms with E-state index in [1.165, 1.54) is 4.31 Å². The predicted molar refractivity (Wildman–Crippen MR) is 99.8 cm³/mol. The molecule has 26 heavy (non-hydrogen) atoms. The third-order valence-electron chi connectivity index (χ3n) is 4.35. The van der Waals surface area contributed by atoms with Gasteiger partial charge in [-0.15, -0.1) is 10.2 Å². The van der Waals surface area contributed by atoms with Crippen molar-refractivity contribution in [2.75, 3.05) is 42.9 Å². The lowest BCUT2D eigenvalue weighted by Crippen LogP contribution is -2.49. The van der Waals surface area contributed by atoms with Crippen molar-refractivity contribution in [1.29, 1.82) is 0 Å². The normalized spacial score (nSPS) is 16.2. The molecule has 1 aliphatic heterocycles. The molecule has 3 rings (SSSR count). The maximum Gasteiger partial charge on any atom is 0.262 e. The number of anilines is 2. The molecular weight excluding hydrogens is 354 g/mol. The van der Waals surface area contributed by atoms with E-state index in [2.05, 4.69) is 20.5 Å². The van der Waals surface area contributed by atoms with Gasteiger partial charge >= 0.3 is 0 Å². The lowest BCUT2D eigenvalue weighted by Gasteiger charge is -2.34. The largest absolute Gasteiger partial charge is 0.369 e. The number of aromatic nitrogens is 4. The zero-order valence-corrected chi connectivity index (χ0v) is 16.1. The average molecular weight is 379 g/mol. The number of piperazine rings is 1. The molecule has 1 fully saturated rings. The number of sulfonamides is 1. The molecule has 0 atom stereocenters. The topological polar surface area (TPSA) is 96.2 Å². The van der Waals surface area contributed by atoms with E-state index in [1.807, 2.05) is 37.8 Å². The summed E-state index contributed by atoms with van der Waals surface area (Å²) in [7, 11) is -3.57. The van der Waals surface area contributed by atoms with E-state index in [0.717, 1.165) is 18.2 Å². The van der Waals surface area contributed by atoms with Crippen LogP contribution in [0.25, 0.3) is 0 Å². The van der Waals surface area contributed by atoms with E-state index in [1.54, 1.807) is 17.1 Å². The van der Waals surface area contributed by atoms with Crippen molar-refractivity contribution >= 4 is 21.7 Å². The molecule has 1 N–H and O–H groups in total. The lowest BCUT2D eigenvalue weighted by molar-refractivity contribution is 0.382. The van der Waals surface area contributed by atoms with Crippen molar-refractivity contribution < 1.29 is 8.42 Å². The van der Waals surface area contributed by atoms with Crippen molar-refractivity contribution in [3.05, 3.63) is 24.7 Å². The van der Waals surface area contributed by atoms with Crippen LogP contribution in [0.1, 0.15) is 26.8 Å². The average Bonchev–Trinajstić information content (AvgIpc) is 3.14. The number of nitrogens with zero attached hydrogens (tertiary/aromatic N) is 6. The third-order valence-corrected chi connectivity index (χ3v) is 6.13. The highest BCUT2D eigenvalue weighted by Crippen LogP contribution is 2.20. The van der Waals surface area contributed by atoms with Crippen LogP contribution in [0.3, 0.4) is 0 Å². The first-order valence-electron chi connectivity index (χ1n) is 8.78. The van der Waals surface area contributed by atoms with E-state index in [0.29, 0.717) is 26.2 Å². The molecule has 0 aromatic carbocycles.